The van der Waals surface area contributed by atoms with Gasteiger partial charge in [-0.05, 0) is 17.7 Å². The molecule has 0 aliphatic heterocycles. The fourth-order valence-corrected chi connectivity index (χ4v) is 1.27. The van der Waals surface area contributed by atoms with Crippen LogP contribution in [0.15, 0.2) is 41.1 Å². The maximum absolute atomic E-state index is 12.8. The highest BCUT2D eigenvalue weighted by molar-refractivity contribution is 5.87. The van der Waals surface area contributed by atoms with Gasteiger partial charge in [0.15, 0.2) is 5.82 Å². The Morgan fingerprint density at radius 1 is 1.41 bits per heavy atom. The molecule has 2 N–H and O–H groups in total. The molecular weight excluding hydrogens is 225 g/mol. The van der Waals surface area contributed by atoms with Crippen LogP contribution in [0.5, 0.6) is 0 Å². The van der Waals surface area contributed by atoms with Crippen LogP contribution in [-0.4, -0.2) is 11.2 Å². The highest BCUT2D eigenvalue weighted by Crippen LogP contribution is 2.03. The summed E-state index contributed by atoms with van der Waals surface area (Å²) in [6, 6.07) is 7.10. The number of halogens is 1. The van der Waals surface area contributed by atoms with E-state index in [4.69, 9.17) is 0 Å². The SMILES string of the molecule is O=C(NCc1cccc(F)c1)Nc1ccon1. The van der Waals surface area contributed by atoms with Gasteiger partial charge >= 0.3 is 6.03 Å². The van der Waals surface area contributed by atoms with Crippen LogP contribution in [0.4, 0.5) is 15.0 Å². The van der Waals surface area contributed by atoms with E-state index in [-0.39, 0.29) is 12.4 Å². The highest BCUT2D eigenvalue weighted by atomic mass is 19.1. The summed E-state index contributed by atoms with van der Waals surface area (Å²) in [7, 11) is 0. The molecule has 1 aromatic carbocycles. The quantitative estimate of drug-likeness (QED) is 0.856. The maximum Gasteiger partial charge on any atom is 0.320 e. The van der Waals surface area contributed by atoms with Crippen molar-refractivity contribution in [2.75, 3.05) is 5.32 Å². The molecule has 1 heterocycles. The molecule has 2 amide bonds. The minimum atomic E-state index is -0.428. The molecule has 0 bridgehead atoms. The zero-order valence-corrected chi connectivity index (χ0v) is 8.81. The molecule has 0 fully saturated rings. The highest BCUT2D eigenvalue weighted by Gasteiger charge is 2.03. The molecule has 0 radical (unpaired) electrons. The van der Waals surface area contributed by atoms with Gasteiger partial charge in [-0.1, -0.05) is 17.3 Å². The minimum absolute atomic E-state index is 0.238. The van der Waals surface area contributed by atoms with Gasteiger partial charge in [0.2, 0.25) is 0 Å². The van der Waals surface area contributed by atoms with Crippen molar-refractivity contribution in [2.24, 2.45) is 0 Å². The van der Waals surface area contributed by atoms with Crippen molar-refractivity contribution < 1.29 is 13.7 Å². The predicted octanol–water partition coefficient (Wildman–Crippen LogP) is 2.14. The van der Waals surface area contributed by atoms with Crippen LogP contribution in [0.2, 0.25) is 0 Å². The monoisotopic (exact) mass is 235 g/mol. The molecule has 6 heteroatoms. The number of benzene rings is 1. The molecule has 88 valence electrons. The number of hydrogen-bond acceptors (Lipinski definition) is 3. The van der Waals surface area contributed by atoms with Gasteiger partial charge in [0.25, 0.3) is 0 Å². The molecule has 0 saturated heterocycles. The van der Waals surface area contributed by atoms with E-state index in [1.54, 1.807) is 12.1 Å². The fourth-order valence-electron chi connectivity index (χ4n) is 1.27. The van der Waals surface area contributed by atoms with Crippen molar-refractivity contribution >= 4 is 11.8 Å². The van der Waals surface area contributed by atoms with Gasteiger partial charge in [0.05, 0.1) is 0 Å². The zero-order chi connectivity index (χ0) is 12.1. The topological polar surface area (TPSA) is 67.2 Å². The van der Waals surface area contributed by atoms with Crippen LogP contribution >= 0.6 is 0 Å². The molecule has 5 nitrogen and oxygen atoms in total. The van der Waals surface area contributed by atoms with E-state index in [1.165, 1.54) is 24.5 Å². The third-order valence-corrected chi connectivity index (χ3v) is 2.02. The Kier molecular flexibility index (Phi) is 3.34. The van der Waals surface area contributed by atoms with Gasteiger partial charge in [0, 0.05) is 12.6 Å². The summed E-state index contributed by atoms with van der Waals surface area (Å²) in [5.74, 6) is -0.0112. The van der Waals surface area contributed by atoms with Crippen LogP contribution in [0.1, 0.15) is 5.56 Å². The number of nitrogens with one attached hydrogen (secondary N) is 2. The van der Waals surface area contributed by atoms with E-state index in [0.29, 0.717) is 11.4 Å². The second-order valence-electron chi connectivity index (χ2n) is 3.32. The van der Waals surface area contributed by atoms with Crippen LogP contribution in [0, 0.1) is 5.82 Å². The largest absolute Gasteiger partial charge is 0.363 e. The Morgan fingerprint density at radius 2 is 2.29 bits per heavy atom. The molecule has 0 aliphatic rings. The smallest absolute Gasteiger partial charge is 0.320 e. The number of carbonyl (C=O) groups excluding carboxylic acids is 1. The van der Waals surface area contributed by atoms with E-state index < -0.39 is 6.03 Å². The van der Waals surface area contributed by atoms with Crippen molar-refractivity contribution in [1.29, 1.82) is 0 Å². The van der Waals surface area contributed by atoms with Gasteiger partial charge < -0.3 is 9.84 Å². The molecule has 0 saturated carbocycles. The number of carbonyl (C=O) groups is 1. The van der Waals surface area contributed by atoms with Gasteiger partial charge in [-0.2, -0.15) is 0 Å². The molecule has 17 heavy (non-hydrogen) atoms. The first-order valence-corrected chi connectivity index (χ1v) is 4.94. The Balaban J connectivity index is 1.84. The van der Waals surface area contributed by atoms with Crippen molar-refractivity contribution in [2.45, 2.75) is 6.54 Å². The molecule has 0 aliphatic carbocycles. The van der Waals surface area contributed by atoms with Crippen LogP contribution < -0.4 is 10.6 Å². The van der Waals surface area contributed by atoms with E-state index in [2.05, 4.69) is 20.3 Å². The molecular formula is C11H10FN3O2. The van der Waals surface area contributed by atoms with Crippen LogP contribution in [-0.2, 0) is 6.54 Å². The zero-order valence-electron chi connectivity index (χ0n) is 8.81. The summed E-state index contributed by atoms with van der Waals surface area (Å²) < 4.78 is 17.4. The van der Waals surface area contributed by atoms with E-state index >= 15 is 0 Å². The lowest BCUT2D eigenvalue weighted by atomic mass is 10.2. The van der Waals surface area contributed by atoms with Gasteiger partial charge in [-0.15, -0.1) is 0 Å². The van der Waals surface area contributed by atoms with Crippen LogP contribution in [0.25, 0.3) is 0 Å². The summed E-state index contributed by atoms with van der Waals surface area (Å²) in [4.78, 5) is 11.4. The lowest BCUT2D eigenvalue weighted by Gasteiger charge is -2.05. The van der Waals surface area contributed by atoms with Gasteiger partial charge in [-0.3, -0.25) is 5.32 Å². The van der Waals surface area contributed by atoms with E-state index in [9.17, 15) is 9.18 Å². The Hall–Kier alpha value is -2.37. The maximum atomic E-state index is 12.8. The van der Waals surface area contributed by atoms with Crippen molar-refractivity contribution in [3.8, 4) is 0 Å². The number of hydrogen-bond donors (Lipinski definition) is 2. The Morgan fingerprint density at radius 3 is 3.00 bits per heavy atom. The van der Waals surface area contributed by atoms with E-state index in [0.717, 1.165) is 0 Å². The number of aromatic nitrogens is 1. The average molecular weight is 235 g/mol. The fraction of sp³-hybridized carbons (Fsp3) is 0.0909. The lowest BCUT2D eigenvalue weighted by molar-refractivity contribution is 0.251. The van der Waals surface area contributed by atoms with Crippen molar-refractivity contribution in [3.63, 3.8) is 0 Å². The number of amides is 2. The lowest BCUT2D eigenvalue weighted by Crippen LogP contribution is -2.28. The summed E-state index contributed by atoms with van der Waals surface area (Å²) in [5, 5.41) is 8.54. The minimum Gasteiger partial charge on any atom is -0.363 e. The Labute approximate surface area is 96.6 Å². The standard InChI is InChI=1S/C11H10FN3O2/c12-9-3-1-2-8(6-9)7-13-11(16)14-10-4-5-17-15-10/h1-6H,7H2,(H2,13,14,15,16). The third kappa shape index (κ3) is 3.30. The summed E-state index contributed by atoms with van der Waals surface area (Å²) in [6.07, 6.45) is 1.35. The second-order valence-corrected chi connectivity index (χ2v) is 3.32. The first-order valence-electron chi connectivity index (χ1n) is 4.94. The van der Waals surface area contributed by atoms with Crippen molar-refractivity contribution in [1.82, 2.24) is 10.5 Å². The number of rotatable bonds is 3. The second kappa shape index (κ2) is 5.11. The number of anilines is 1. The molecule has 0 unspecified atom stereocenters. The number of urea groups is 1. The van der Waals surface area contributed by atoms with Crippen molar-refractivity contribution in [3.05, 3.63) is 48.0 Å². The normalized spacial score (nSPS) is 9.94. The summed E-state index contributed by atoms with van der Waals surface area (Å²) in [5.41, 5.74) is 0.681. The van der Waals surface area contributed by atoms with Gasteiger partial charge in [-0.25, -0.2) is 9.18 Å². The molecule has 2 rings (SSSR count). The molecule has 2 aromatic rings. The van der Waals surface area contributed by atoms with E-state index in [1.807, 2.05) is 0 Å². The van der Waals surface area contributed by atoms with Gasteiger partial charge in [0.1, 0.15) is 12.1 Å². The third-order valence-electron chi connectivity index (χ3n) is 2.02. The molecule has 1 aromatic heterocycles. The molecule has 0 atom stereocenters. The summed E-state index contributed by atoms with van der Waals surface area (Å²) >= 11 is 0. The first-order chi connectivity index (χ1) is 8.24. The molecule has 0 spiro atoms. The first kappa shape index (κ1) is 11.1. The summed E-state index contributed by atoms with van der Waals surface area (Å²) in [6.45, 7) is 0.238. The van der Waals surface area contributed by atoms with Crippen LogP contribution in [0.3, 0.4) is 0 Å². The number of nitrogens with zero attached hydrogens (tertiary/aromatic N) is 1. The average Bonchev–Trinajstić information content (AvgIpc) is 2.79. The Bertz CT molecular complexity index is 499. The predicted molar refractivity (Wildman–Crippen MR) is 58.8 cm³/mol.